The number of nitrogens with zero attached hydrogens (tertiary/aromatic N) is 1. The van der Waals surface area contributed by atoms with Crippen LogP contribution in [-0.4, -0.2) is 24.4 Å². The third kappa shape index (κ3) is 6.44. The Morgan fingerprint density at radius 3 is 2.50 bits per heavy atom. The lowest BCUT2D eigenvalue weighted by Gasteiger charge is -2.15. The van der Waals surface area contributed by atoms with Gasteiger partial charge in [-0.15, -0.1) is 0 Å². The van der Waals surface area contributed by atoms with Crippen LogP contribution in [0.2, 0.25) is 0 Å². The molecule has 36 heavy (non-hydrogen) atoms. The number of nitrogens with one attached hydrogen (secondary N) is 1. The van der Waals surface area contributed by atoms with Gasteiger partial charge in [0.15, 0.2) is 17.2 Å². The molecule has 9 heteroatoms. The summed E-state index contributed by atoms with van der Waals surface area (Å²) in [5.41, 5.74) is 3.28. The molecule has 0 saturated carbocycles. The minimum atomic E-state index is -0.539. The van der Waals surface area contributed by atoms with Gasteiger partial charge in [0.25, 0.3) is 0 Å². The van der Waals surface area contributed by atoms with Crippen molar-refractivity contribution in [3.63, 3.8) is 0 Å². The van der Waals surface area contributed by atoms with Crippen molar-refractivity contribution in [2.45, 2.75) is 20.5 Å². The molecule has 4 rings (SSSR count). The molecule has 0 saturated heterocycles. The van der Waals surface area contributed by atoms with Crippen molar-refractivity contribution in [2.24, 2.45) is 4.99 Å². The van der Waals surface area contributed by atoms with Crippen molar-refractivity contribution in [1.82, 2.24) is 0 Å². The van der Waals surface area contributed by atoms with E-state index >= 15 is 0 Å². The van der Waals surface area contributed by atoms with E-state index in [-0.39, 0.29) is 17.5 Å². The average Bonchev–Trinajstić information content (AvgIpc) is 3.20. The number of cyclic esters (lactones) is 1. The summed E-state index contributed by atoms with van der Waals surface area (Å²) in [6.07, 6.45) is 1.66. The highest BCUT2D eigenvalue weighted by atomic mass is 127. The summed E-state index contributed by atoms with van der Waals surface area (Å²) in [5, 5.41) is 2.70. The van der Waals surface area contributed by atoms with E-state index in [0.717, 1.165) is 18.3 Å². The van der Waals surface area contributed by atoms with Crippen LogP contribution >= 0.6 is 45.2 Å². The maximum Gasteiger partial charge on any atom is 0.363 e. The molecule has 0 unspecified atom stereocenters. The maximum atomic E-state index is 12.5. The fourth-order valence-electron chi connectivity index (χ4n) is 3.43. The zero-order valence-corrected chi connectivity index (χ0v) is 23.8. The number of hydrogen-bond acceptors (Lipinski definition) is 6. The first-order chi connectivity index (χ1) is 17.3. The zero-order valence-electron chi connectivity index (χ0n) is 19.5. The Hall–Kier alpha value is -2.93. The smallest absolute Gasteiger partial charge is 0.363 e. The monoisotopic (exact) mass is 708 g/mol. The second-order valence-electron chi connectivity index (χ2n) is 7.74. The number of rotatable bonds is 8. The van der Waals surface area contributed by atoms with Crippen LogP contribution in [0.3, 0.4) is 0 Å². The molecule has 0 radical (unpaired) electrons. The largest absolute Gasteiger partial charge is 0.490 e. The third-order valence-corrected chi connectivity index (χ3v) is 6.89. The average molecular weight is 708 g/mol. The van der Waals surface area contributed by atoms with Gasteiger partial charge in [-0.3, -0.25) is 4.79 Å². The lowest BCUT2D eigenvalue weighted by molar-refractivity contribution is -0.129. The molecule has 3 aromatic carbocycles. The number of anilines is 1. The fourth-order valence-corrected chi connectivity index (χ4v) is 4.75. The molecule has 1 heterocycles. The second kappa shape index (κ2) is 11.9. The van der Waals surface area contributed by atoms with Gasteiger partial charge in [-0.05, 0) is 106 Å². The first-order valence-electron chi connectivity index (χ1n) is 11.1. The summed E-state index contributed by atoms with van der Waals surface area (Å²) in [6, 6.07) is 18.7. The summed E-state index contributed by atoms with van der Waals surface area (Å²) in [5.74, 6) is 0.744. The summed E-state index contributed by atoms with van der Waals surface area (Å²) in [7, 11) is 0. The highest BCUT2D eigenvalue weighted by Gasteiger charge is 2.24. The number of carbonyl (C=O) groups excluding carboxylic acids is 2. The molecule has 0 spiro atoms. The standard InChI is InChI=1S/C27H22I2N2O5/c1-3-34-24-14-17(12-22(29)25(24)35-15-19-6-4-5-7-21(19)28)13-23-27(33)36-26(31-23)18-8-10-20(11-9-18)30-16(2)32/h4-14H,3,15H2,1-2H3,(H,30,32)/b23-13-. The molecule has 3 aromatic rings. The van der Waals surface area contributed by atoms with Crippen LogP contribution in [0.5, 0.6) is 11.5 Å². The van der Waals surface area contributed by atoms with Gasteiger partial charge in [0, 0.05) is 27.3 Å². The van der Waals surface area contributed by atoms with E-state index in [2.05, 4.69) is 55.5 Å². The van der Waals surface area contributed by atoms with Crippen LogP contribution in [0.15, 0.2) is 71.4 Å². The lowest BCUT2D eigenvalue weighted by Crippen LogP contribution is -2.07. The van der Waals surface area contributed by atoms with E-state index in [1.807, 2.05) is 43.3 Å². The number of halogens is 2. The molecular formula is C27H22I2N2O5. The number of benzene rings is 3. The number of esters is 1. The van der Waals surface area contributed by atoms with E-state index in [0.29, 0.717) is 36.0 Å². The van der Waals surface area contributed by atoms with Crippen molar-refractivity contribution >= 4 is 74.7 Å². The number of ether oxygens (including phenoxy) is 3. The molecule has 1 N–H and O–H groups in total. The predicted octanol–water partition coefficient (Wildman–Crippen LogP) is 6.18. The Morgan fingerprint density at radius 2 is 1.81 bits per heavy atom. The topological polar surface area (TPSA) is 86.2 Å². The lowest BCUT2D eigenvalue weighted by atomic mass is 10.1. The van der Waals surface area contributed by atoms with Gasteiger partial charge in [0.05, 0.1) is 10.2 Å². The molecule has 0 aromatic heterocycles. The second-order valence-corrected chi connectivity index (χ2v) is 10.1. The first-order valence-corrected chi connectivity index (χ1v) is 13.2. The molecule has 184 valence electrons. The van der Waals surface area contributed by atoms with Crippen LogP contribution in [0.4, 0.5) is 5.69 Å². The zero-order chi connectivity index (χ0) is 25.7. The van der Waals surface area contributed by atoms with Gasteiger partial charge in [-0.25, -0.2) is 9.79 Å². The SMILES string of the molecule is CCOc1cc(/C=C2\N=C(c3ccc(NC(C)=O)cc3)OC2=O)cc(I)c1OCc1ccccc1I. The van der Waals surface area contributed by atoms with Crippen LogP contribution < -0.4 is 14.8 Å². The number of aliphatic imine (C=N–C) groups is 1. The van der Waals surface area contributed by atoms with Crippen LogP contribution in [0.25, 0.3) is 6.08 Å². The van der Waals surface area contributed by atoms with E-state index in [4.69, 9.17) is 14.2 Å². The minimum absolute atomic E-state index is 0.162. The van der Waals surface area contributed by atoms with Crippen LogP contribution in [0.1, 0.15) is 30.5 Å². The molecule has 1 aliphatic heterocycles. The minimum Gasteiger partial charge on any atom is -0.490 e. The normalized spacial score (nSPS) is 13.8. The molecule has 1 aliphatic rings. The molecule has 0 aliphatic carbocycles. The van der Waals surface area contributed by atoms with Crippen molar-refractivity contribution in [2.75, 3.05) is 11.9 Å². The fraction of sp³-hybridized carbons (Fsp3) is 0.148. The van der Waals surface area contributed by atoms with Crippen molar-refractivity contribution in [1.29, 1.82) is 0 Å². The molecule has 7 nitrogen and oxygen atoms in total. The Balaban J connectivity index is 1.58. The number of carbonyl (C=O) groups is 2. The van der Waals surface area contributed by atoms with Gasteiger partial charge >= 0.3 is 5.97 Å². The number of hydrogen-bond donors (Lipinski definition) is 1. The Bertz CT molecular complexity index is 1370. The van der Waals surface area contributed by atoms with E-state index < -0.39 is 5.97 Å². The third-order valence-electron chi connectivity index (χ3n) is 5.04. The van der Waals surface area contributed by atoms with E-state index in [1.54, 1.807) is 30.3 Å². The quantitative estimate of drug-likeness (QED) is 0.172. The maximum absolute atomic E-state index is 12.5. The van der Waals surface area contributed by atoms with Crippen molar-refractivity contribution < 1.29 is 23.8 Å². The van der Waals surface area contributed by atoms with Gasteiger partial charge in [-0.1, -0.05) is 18.2 Å². The van der Waals surface area contributed by atoms with Crippen LogP contribution in [-0.2, 0) is 20.9 Å². The van der Waals surface area contributed by atoms with Gasteiger partial charge in [0.2, 0.25) is 11.8 Å². The number of amides is 1. The Kier molecular flexibility index (Phi) is 8.62. The summed E-state index contributed by atoms with van der Waals surface area (Å²) < 4.78 is 19.3. The Labute approximate surface area is 236 Å². The summed E-state index contributed by atoms with van der Waals surface area (Å²) in [6.45, 7) is 4.23. The first kappa shape index (κ1) is 26.1. The highest BCUT2D eigenvalue weighted by Crippen LogP contribution is 2.36. The van der Waals surface area contributed by atoms with Crippen molar-refractivity contribution in [3.05, 3.63) is 90.2 Å². The molecule has 0 atom stereocenters. The summed E-state index contributed by atoms with van der Waals surface area (Å²) in [4.78, 5) is 28.1. The predicted molar refractivity (Wildman–Crippen MR) is 155 cm³/mol. The summed E-state index contributed by atoms with van der Waals surface area (Å²) >= 11 is 4.49. The van der Waals surface area contributed by atoms with Crippen molar-refractivity contribution in [3.8, 4) is 11.5 Å². The van der Waals surface area contributed by atoms with Gasteiger partial charge < -0.3 is 19.5 Å². The molecule has 0 bridgehead atoms. The van der Waals surface area contributed by atoms with Crippen LogP contribution in [0, 0.1) is 7.14 Å². The van der Waals surface area contributed by atoms with Gasteiger partial charge in [0.1, 0.15) is 6.61 Å². The molecule has 1 amide bonds. The molecule has 0 fully saturated rings. The van der Waals surface area contributed by atoms with E-state index in [1.165, 1.54) is 6.92 Å². The van der Waals surface area contributed by atoms with Gasteiger partial charge in [-0.2, -0.15) is 0 Å². The highest BCUT2D eigenvalue weighted by molar-refractivity contribution is 14.1. The molecular weight excluding hydrogens is 686 g/mol. The van der Waals surface area contributed by atoms with E-state index in [9.17, 15) is 9.59 Å². The Morgan fingerprint density at radius 1 is 1.06 bits per heavy atom.